The van der Waals surface area contributed by atoms with E-state index in [4.69, 9.17) is 0 Å². The molecule has 0 aromatic heterocycles. The van der Waals surface area contributed by atoms with Gasteiger partial charge in [-0.15, -0.1) is 0 Å². The van der Waals surface area contributed by atoms with Crippen LogP contribution in [0.3, 0.4) is 0 Å². The van der Waals surface area contributed by atoms with E-state index < -0.39 is 16.0 Å². The van der Waals surface area contributed by atoms with Crippen LogP contribution in [0.2, 0.25) is 0 Å². The number of ether oxygens (including phenoxy) is 1. The first-order chi connectivity index (χ1) is 5.52. The Kier molecular flexibility index (Phi) is 4.84. The summed E-state index contributed by atoms with van der Waals surface area (Å²) in [4.78, 5) is 10.5. The summed E-state index contributed by atoms with van der Waals surface area (Å²) in [6.45, 7) is 2.01. The Morgan fingerprint density at radius 2 is 2.08 bits per heavy atom. The summed E-state index contributed by atoms with van der Waals surface area (Å²) >= 11 is 0. The van der Waals surface area contributed by atoms with Crippen LogP contribution in [0.4, 0.5) is 0 Å². The zero-order chi connectivity index (χ0) is 9.61. The Morgan fingerprint density at radius 1 is 1.50 bits per heavy atom. The maximum atomic E-state index is 10.9. The Bertz CT molecular complexity index is 234. The monoisotopic (exact) mass is 195 g/mol. The normalized spacial score (nSPS) is 11.2. The van der Waals surface area contributed by atoms with E-state index in [1.54, 1.807) is 6.92 Å². The van der Waals surface area contributed by atoms with Crippen molar-refractivity contribution in [2.75, 3.05) is 19.4 Å². The van der Waals surface area contributed by atoms with Crippen molar-refractivity contribution in [3.8, 4) is 0 Å². The highest BCUT2D eigenvalue weighted by atomic mass is 32.2. The molecule has 0 aromatic carbocycles. The van der Waals surface area contributed by atoms with E-state index in [0.29, 0.717) is 6.54 Å². The second-order valence-electron chi connectivity index (χ2n) is 2.14. The molecule has 0 amide bonds. The van der Waals surface area contributed by atoms with E-state index in [-0.39, 0.29) is 12.2 Å². The summed E-state index contributed by atoms with van der Waals surface area (Å²) in [5, 5.41) is 0. The van der Waals surface area contributed by atoms with Gasteiger partial charge in [0.2, 0.25) is 10.0 Å². The third-order valence-electron chi connectivity index (χ3n) is 1.17. The third-order valence-corrected chi connectivity index (χ3v) is 2.64. The second-order valence-corrected chi connectivity index (χ2v) is 4.07. The van der Waals surface area contributed by atoms with Gasteiger partial charge in [0.25, 0.3) is 0 Å². The molecule has 72 valence electrons. The fourth-order valence-corrected chi connectivity index (χ4v) is 1.63. The zero-order valence-electron chi connectivity index (χ0n) is 7.16. The van der Waals surface area contributed by atoms with Gasteiger partial charge in [0.1, 0.15) is 0 Å². The van der Waals surface area contributed by atoms with Gasteiger partial charge < -0.3 is 4.74 Å². The molecule has 0 saturated carbocycles. The lowest BCUT2D eigenvalue weighted by Gasteiger charge is -2.02. The molecule has 0 unspecified atom stereocenters. The molecule has 1 N–H and O–H groups in total. The first-order valence-corrected chi connectivity index (χ1v) is 5.21. The molecule has 5 nitrogen and oxygen atoms in total. The van der Waals surface area contributed by atoms with Crippen LogP contribution in [0.5, 0.6) is 0 Å². The van der Waals surface area contributed by atoms with E-state index in [1.165, 1.54) is 7.11 Å². The fraction of sp³-hybridized carbons (Fsp3) is 0.833. The topological polar surface area (TPSA) is 72.5 Å². The van der Waals surface area contributed by atoms with Crippen molar-refractivity contribution < 1.29 is 17.9 Å². The average Bonchev–Trinajstić information content (AvgIpc) is 2.00. The summed E-state index contributed by atoms with van der Waals surface area (Å²) in [5.41, 5.74) is 0. The van der Waals surface area contributed by atoms with E-state index in [0.717, 1.165) is 0 Å². The highest BCUT2D eigenvalue weighted by Gasteiger charge is 2.11. The molecule has 0 aliphatic heterocycles. The van der Waals surface area contributed by atoms with Crippen molar-refractivity contribution in [1.29, 1.82) is 0 Å². The number of methoxy groups -OCH3 is 1. The van der Waals surface area contributed by atoms with E-state index in [9.17, 15) is 13.2 Å². The highest BCUT2D eigenvalue weighted by molar-refractivity contribution is 7.89. The molecule has 0 heterocycles. The van der Waals surface area contributed by atoms with Crippen LogP contribution in [0.25, 0.3) is 0 Å². The Labute approximate surface area is 72.1 Å². The Morgan fingerprint density at radius 3 is 2.50 bits per heavy atom. The van der Waals surface area contributed by atoms with Gasteiger partial charge in [-0.1, -0.05) is 6.92 Å². The maximum Gasteiger partial charge on any atom is 0.306 e. The van der Waals surface area contributed by atoms with E-state index in [1.807, 2.05) is 0 Å². The molecule has 0 saturated heterocycles. The number of sulfonamides is 1. The van der Waals surface area contributed by atoms with Gasteiger partial charge in [-0.3, -0.25) is 4.79 Å². The molecule has 0 bridgehead atoms. The van der Waals surface area contributed by atoms with Crippen LogP contribution in [0.15, 0.2) is 0 Å². The number of rotatable bonds is 5. The Hall–Kier alpha value is -0.620. The SMILES string of the molecule is CCNS(=O)(=O)CCC(=O)OC. The zero-order valence-corrected chi connectivity index (χ0v) is 7.98. The summed E-state index contributed by atoms with van der Waals surface area (Å²) in [7, 11) is -2.06. The minimum atomic E-state index is -3.29. The highest BCUT2D eigenvalue weighted by Crippen LogP contribution is 1.90. The molecule has 0 rings (SSSR count). The molecule has 0 spiro atoms. The summed E-state index contributed by atoms with van der Waals surface area (Å²) < 4.78 is 28.4. The minimum Gasteiger partial charge on any atom is -0.469 e. The minimum absolute atomic E-state index is 0.105. The van der Waals surface area contributed by atoms with Gasteiger partial charge in [-0.05, 0) is 0 Å². The smallest absolute Gasteiger partial charge is 0.306 e. The number of hydrogen-bond acceptors (Lipinski definition) is 4. The summed E-state index contributed by atoms with van der Waals surface area (Å²) in [5.74, 6) is -0.732. The Balaban J connectivity index is 3.84. The van der Waals surface area contributed by atoms with Crippen LogP contribution in [-0.2, 0) is 19.6 Å². The number of carbonyl (C=O) groups excluding carboxylic acids is 1. The lowest BCUT2D eigenvalue weighted by molar-refractivity contribution is -0.140. The van der Waals surface area contributed by atoms with Gasteiger partial charge in [-0.25, -0.2) is 13.1 Å². The summed E-state index contributed by atoms with van der Waals surface area (Å²) in [6.07, 6.45) is -0.105. The van der Waals surface area contributed by atoms with Gasteiger partial charge >= 0.3 is 5.97 Å². The van der Waals surface area contributed by atoms with Crippen molar-refractivity contribution >= 4 is 16.0 Å². The van der Waals surface area contributed by atoms with Crippen LogP contribution in [0.1, 0.15) is 13.3 Å². The number of nitrogens with one attached hydrogen (secondary N) is 1. The van der Waals surface area contributed by atoms with Crippen molar-refractivity contribution in [3.63, 3.8) is 0 Å². The van der Waals surface area contributed by atoms with E-state index in [2.05, 4.69) is 9.46 Å². The quantitative estimate of drug-likeness (QED) is 0.600. The van der Waals surface area contributed by atoms with Gasteiger partial charge in [0, 0.05) is 6.54 Å². The maximum absolute atomic E-state index is 10.9. The molecular weight excluding hydrogens is 182 g/mol. The molecule has 0 radical (unpaired) electrons. The van der Waals surface area contributed by atoms with Gasteiger partial charge in [-0.2, -0.15) is 0 Å². The molecule has 0 atom stereocenters. The molecule has 0 aromatic rings. The lowest BCUT2D eigenvalue weighted by atomic mass is 10.5. The standard InChI is InChI=1S/C6H13NO4S/c1-3-7-12(9,10)5-4-6(8)11-2/h7H,3-5H2,1-2H3. The molecular formula is C6H13NO4S. The van der Waals surface area contributed by atoms with Gasteiger partial charge in [0.15, 0.2) is 0 Å². The largest absolute Gasteiger partial charge is 0.469 e. The first-order valence-electron chi connectivity index (χ1n) is 3.56. The van der Waals surface area contributed by atoms with Crippen molar-refractivity contribution in [3.05, 3.63) is 0 Å². The van der Waals surface area contributed by atoms with Gasteiger partial charge in [0.05, 0.1) is 19.3 Å². The number of carbonyl (C=O) groups is 1. The second kappa shape index (κ2) is 5.10. The molecule has 12 heavy (non-hydrogen) atoms. The molecule has 0 fully saturated rings. The molecule has 0 aliphatic rings. The van der Waals surface area contributed by atoms with Crippen LogP contribution >= 0.6 is 0 Å². The van der Waals surface area contributed by atoms with Crippen LogP contribution in [0, 0.1) is 0 Å². The molecule has 6 heteroatoms. The van der Waals surface area contributed by atoms with Crippen LogP contribution < -0.4 is 4.72 Å². The lowest BCUT2D eigenvalue weighted by Crippen LogP contribution is -2.27. The fourth-order valence-electron chi connectivity index (χ4n) is 0.612. The number of hydrogen-bond donors (Lipinski definition) is 1. The molecule has 0 aliphatic carbocycles. The summed E-state index contributed by atoms with van der Waals surface area (Å²) in [6, 6.07) is 0. The first kappa shape index (κ1) is 11.4. The number of esters is 1. The van der Waals surface area contributed by atoms with Crippen molar-refractivity contribution in [2.24, 2.45) is 0 Å². The predicted molar refractivity (Wildman–Crippen MR) is 44.1 cm³/mol. The predicted octanol–water partition coefficient (Wildman–Crippen LogP) is -0.511. The average molecular weight is 195 g/mol. The van der Waals surface area contributed by atoms with Crippen molar-refractivity contribution in [1.82, 2.24) is 4.72 Å². The van der Waals surface area contributed by atoms with Crippen LogP contribution in [-0.4, -0.2) is 33.8 Å². The van der Waals surface area contributed by atoms with Crippen molar-refractivity contribution in [2.45, 2.75) is 13.3 Å². The van der Waals surface area contributed by atoms with E-state index >= 15 is 0 Å². The third kappa shape index (κ3) is 5.09.